The zero-order chi connectivity index (χ0) is 34.2. The highest BCUT2D eigenvalue weighted by molar-refractivity contribution is 6.13. The topological polar surface area (TPSA) is 92.9 Å². The SMILES string of the molecule is C=C(N=C(N=C(C)c1ccc(OC)cc1)c1ccc(OCC(CC)CCCC)cc1O)c1ccc(OCC(CC)CCCC)cc1O. The Morgan fingerprint density at radius 3 is 1.64 bits per heavy atom. The summed E-state index contributed by atoms with van der Waals surface area (Å²) in [5.41, 5.74) is 2.71. The Morgan fingerprint density at radius 1 is 0.702 bits per heavy atom. The Kier molecular flexibility index (Phi) is 15.4. The van der Waals surface area contributed by atoms with Gasteiger partial charge in [-0.15, -0.1) is 0 Å². The summed E-state index contributed by atoms with van der Waals surface area (Å²) in [5.74, 6) is 3.12. The van der Waals surface area contributed by atoms with Gasteiger partial charge in [-0.25, -0.2) is 9.98 Å². The molecule has 0 aromatic heterocycles. The van der Waals surface area contributed by atoms with Gasteiger partial charge in [0.1, 0.15) is 28.7 Å². The van der Waals surface area contributed by atoms with Crippen LogP contribution in [0.15, 0.2) is 77.2 Å². The second-order valence-electron chi connectivity index (χ2n) is 12.1. The lowest BCUT2D eigenvalue weighted by atomic mass is 10.0. The maximum atomic E-state index is 11.2. The minimum atomic E-state index is -0.0107. The molecule has 0 radical (unpaired) electrons. The van der Waals surface area contributed by atoms with Crippen LogP contribution in [-0.2, 0) is 0 Å². The van der Waals surface area contributed by atoms with Crippen LogP contribution >= 0.6 is 0 Å². The normalized spacial score (nSPS) is 13.2. The predicted molar refractivity (Wildman–Crippen MR) is 195 cm³/mol. The first-order valence-corrected chi connectivity index (χ1v) is 17.1. The number of phenols is 2. The Labute approximate surface area is 282 Å². The number of unbranched alkanes of at least 4 members (excludes halogenated alkanes) is 2. The lowest BCUT2D eigenvalue weighted by Gasteiger charge is -2.17. The lowest BCUT2D eigenvalue weighted by Crippen LogP contribution is -2.11. The van der Waals surface area contributed by atoms with Crippen LogP contribution in [0.4, 0.5) is 0 Å². The average molecular weight is 643 g/mol. The highest BCUT2D eigenvalue weighted by Crippen LogP contribution is 2.32. The van der Waals surface area contributed by atoms with Crippen molar-refractivity contribution in [3.63, 3.8) is 0 Å². The number of ether oxygens (including phenoxy) is 3. The number of aliphatic imine (C=N–C) groups is 2. The fourth-order valence-electron chi connectivity index (χ4n) is 5.25. The van der Waals surface area contributed by atoms with Gasteiger partial charge in [-0.05, 0) is 85.7 Å². The summed E-state index contributed by atoms with van der Waals surface area (Å²) >= 11 is 0. The van der Waals surface area contributed by atoms with Crippen LogP contribution in [-0.4, -0.2) is 42.1 Å². The molecule has 0 bridgehead atoms. The van der Waals surface area contributed by atoms with Crippen LogP contribution in [0, 0.1) is 11.8 Å². The van der Waals surface area contributed by atoms with Gasteiger partial charge in [0.2, 0.25) is 0 Å². The van der Waals surface area contributed by atoms with Crippen molar-refractivity contribution in [2.45, 2.75) is 86.0 Å². The van der Waals surface area contributed by atoms with Crippen LogP contribution in [0.2, 0.25) is 0 Å². The standard InChI is InChI=1S/C40H54N2O5/c1-8-12-14-30(10-3)26-46-34-20-22-36(38(43)24-34)29(6)42-40(41-28(5)32-16-18-33(45-7)19-17-32)37-23-21-35(25-39(37)44)47-27-31(11-4)15-13-9-2/h16-25,30-31,43-44H,6,8-15,26-27H2,1-5,7H3. The van der Waals surface area contributed by atoms with Gasteiger partial charge in [0, 0.05) is 23.4 Å². The van der Waals surface area contributed by atoms with Gasteiger partial charge in [-0.3, -0.25) is 0 Å². The summed E-state index contributed by atoms with van der Waals surface area (Å²) in [7, 11) is 1.62. The van der Waals surface area contributed by atoms with Crippen molar-refractivity contribution in [2.75, 3.05) is 20.3 Å². The number of hydrogen-bond donors (Lipinski definition) is 2. The van der Waals surface area contributed by atoms with E-state index >= 15 is 0 Å². The quantitative estimate of drug-likeness (QED) is 0.100. The van der Waals surface area contributed by atoms with E-state index < -0.39 is 0 Å². The minimum Gasteiger partial charge on any atom is -0.507 e. The van der Waals surface area contributed by atoms with Crippen LogP contribution in [0.25, 0.3) is 5.70 Å². The number of rotatable bonds is 19. The molecule has 0 saturated heterocycles. The van der Waals surface area contributed by atoms with E-state index in [0.29, 0.717) is 59.1 Å². The fourth-order valence-corrected chi connectivity index (χ4v) is 5.25. The van der Waals surface area contributed by atoms with Gasteiger partial charge in [0.15, 0.2) is 5.84 Å². The van der Waals surface area contributed by atoms with E-state index in [4.69, 9.17) is 24.2 Å². The summed E-state index contributed by atoms with van der Waals surface area (Å²) in [6, 6.07) is 17.9. The van der Waals surface area contributed by atoms with E-state index in [2.05, 4.69) is 34.3 Å². The predicted octanol–water partition coefficient (Wildman–Crippen LogP) is 10.2. The van der Waals surface area contributed by atoms with E-state index in [-0.39, 0.29) is 17.3 Å². The molecule has 3 aromatic rings. The first-order valence-electron chi connectivity index (χ1n) is 17.1. The van der Waals surface area contributed by atoms with E-state index in [1.807, 2.05) is 43.3 Å². The molecule has 3 rings (SSSR count). The first kappa shape index (κ1) is 37.2. The Balaban J connectivity index is 1.92. The molecule has 0 aliphatic heterocycles. The second-order valence-corrected chi connectivity index (χ2v) is 12.1. The molecule has 0 spiro atoms. The van der Waals surface area contributed by atoms with Gasteiger partial charge in [-0.2, -0.15) is 0 Å². The van der Waals surface area contributed by atoms with Gasteiger partial charge in [0.05, 0.1) is 31.6 Å². The molecule has 0 amide bonds. The van der Waals surface area contributed by atoms with Gasteiger partial charge < -0.3 is 24.4 Å². The van der Waals surface area contributed by atoms with Crippen molar-refractivity contribution >= 4 is 17.2 Å². The molecule has 7 nitrogen and oxygen atoms in total. The zero-order valence-electron chi connectivity index (χ0n) is 29.2. The summed E-state index contributed by atoms with van der Waals surface area (Å²) < 4.78 is 17.4. The van der Waals surface area contributed by atoms with Crippen LogP contribution < -0.4 is 14.2 Å². The maximum Gasteiger partial charge on any atom is 0.163 e. The maximum absolute atomic E-state index is 11.2. The molecule has 0 aliphatic carbocycles. The van der Waals surface area contributed by atoms with Crippen LogP contribution in [0.1, 0.15) is 103 Å². The summed E-state index contributed by atoms with van der Waals surface area (Å²) in [6.07, 6.45) is 9.00. The number of hydrogen-bond acceptors (Lipinski definition) is 6. The number of aromatic hydroxyl groups is 2. The second kappa shape index (κ2) is 19.4. The molecule has 7 heteroatoms. The number of phenolic OH excluding ortho intramolecular Hbond substituents is 2. The monoisotopic (exact) mass is 642 g/mol. The summed E-state index contributed by atoms with van der Waals surface area (Å²) in [4.78, 5) is 9.59. The highest BCUT2D eigenvalue weighted by Gasteiger charge is 2.16. The molecule has 47 heavy (non-hydrogen) atoms. The molecule has 254 valence electrons. The molecular formula is C40H54N2O5. The first-order chi connectivity index (χ1) is 22.7. The van der Waals surface area contributed by atoms with Crippen LogP contribution in [0.3, 0.4) is 0 Å². The molecule has 2 N–H and O–H groups in total. The molecular weight excluding hydrogens is 588 g/mol. The molecule has 0 heterocycles. The molecule has 0 aliphatic rings. The number of nitrogens with zero attached hydrogens (tertiary/aromatic N) is 2. The van der Waals surface area contributed by atoms with Crippen molar-refractivity contribution in [1.29, 1.82) is 0 Å². The van der Waals surface area contributed by atoms with E-state index in [0.717, 1.165) is 49.8 Å². The molecule has 2 atom stereocenters. The number of benzene rings is 3. The van der Waals surface area contributed by atoms with Gasteiger partial charge in [-0.1, -0.05) is 72.8 Å². The third-order valence-corrected chi connectivity index (χ3v) is 8.57. The lowest BCUT2D eigenvalue weighted by molar-refractivity contribution is 0.232. The van der Waals surface area contributed by atoms with Gasteiger partial charge >= 0.3 is 0 Å². The summed E-state index contributed by atoms with van der Waals surface area (Å²) in [5, 5.41) is 22.2. The largest absolute Gasteiger partial charge is 0.507 e. The molecule has 2 unspecified atom stereocenters. The summed E-state index contributed by atoms with van der Waals surface area (Å²) in [6.45, 7) is 16.0. The van der Waals surface area contributed by atoms with E-state index in [1.165, 1.54) is 12.8 Å². The van der Waals surface area contributed by atoms with Crippen molar-refractivity contribution < 1.29 is 24.4 Å². The van der Waals surface area contributed by atoms with Crippen molar-refractivity contribution in [1.82, 2.24) is 0 Å². The fraction of sp³-hybridized carbons (Fsp3) is 0.450. The van der Waals surface area contributed by atoms with Crippen molar-refractivity contribution in [3.05, 3.63) is 83.9 Å². The Morgan fingerprint density at radius 2 is 1.19 bits per heavy atom. The number of amidine groups is 1. The van der Waals surface area contributed by atoms with Crippen molar-refractivity contribution in [2.24, 2.45) is 21.8 Å². The zero-order valence-corrected chi connectivity index (χ0v) is 29.2. The molecule has 3 aromatic carbocycles. The Bertz CT molecular complexity index is 1480. The van der Waals surface area contributed by atoms with E-state index in [1.54, 1.807) is 31.4 Å². The average Bonchev–Trinajstić information content (AvgIpc) is 3.08. The minimum absolute atomic E-state index is 0.00887. The van der Waals surface area contributed by atoms with Crippen molar-refractivity contribution in [3.8, 4) is 28.7 Å². The third-order valence-electron chi connectivity index (χ3n) is 8.57. The smallest absolute Gasteiger partial charge is 0.163 e. The number of methoxy groups -OCH3 is 1. The Hall–Kier alpha value is -4.26. The highest BCUT2D eigenvalue weighted by atomic mass is 16.5. The van der Waals surface area contributed by atoms with E-state index in [9.17, 15) is 10.2 Å². The third kappa shape index (κ3) is 11.5. The van der Waals surface area contributed by atoms with Crippen LogP contribution in [0.5, 0.6) is 28.7 Å². The molecule has 0 fully saturated rings. The van der Waals surface area contributed by atoms with Gasteiger partial charge in [0.25, 0.3) is 0 Å². The molecule has 0 saturated carbocycles.